The second-order valence-electron chi connectivity index (χ2n) is 7.20. The van der Waals surface area contributed by atoms with Crippen LogP contribution in [-0.2, 0) is 9.59 Å². The molecule has 1 aliphatic carbocycles. The summed E-state index contributed by atoms with van der Waals surface area (Å²) < 4.78 is 1.93. The predicted molar refractivity (Wildman–Crippen MR) is 99.6 cm³/mol. The first-order chi connectivity index (χ1) is 13.1. The number of nitrogens with zero attached hydrogens (tertiary/aromatic N) is 6. The zero-order valence-electron chi connectivity index (χ0n) is 15.5. The molecule has 0 radical (unpaired) electrons. The second kappa shape index (κ2) is 7.46. The van der Waals surface area contributed by atoms with Crippen molar-refractivity contribution in [2.75, 3.05) is 31.1 Å². The van der Waals surface area contributed by atoms with Crippen LogP contribution in [0.2, 0.25) is 0 Å². The lowest BCUT2D eigenvalue weighted by Crippen LogP contribution is -2.51. The molecular weight excluding hydrogens is 344 g/mol. The van der Waals surface area contributed by atoms with Crippen LogP contribution < -0.4 is 4.90 Å². The van der Waals surface area contributed by atoms with Crippen LogP contribution in [0.5, 0.6) is 0 Å². The highest BCUT2D eigenvalue weighted by Gasteiger charge is 2.30. The Labute approximate surface area is 158 Å². The van der Waals surface area contributed by atoms with Gasteiger partial charge in [-0.2, -0.15) is 0 Å². The Balaban J connectivity index is 1.39. The van der Waals surface area contributed by atoms with E-state index in [-0.39, 0.29) is 17.6 Å². The van der Waals surface area contributed by atoms with Gasteiger partial charge in [-0.1, -0.05) is 0 Å². The first-order valence-corrected chi connectivity index (χ1v) is 9.49. The van der Waals surface area contributed by atoms with Crippen molar-refractivity contribution in [1.82, 2.24) is 24.4 Å². The lowest BCUT2D eigenvalue weighted by atomic mass is 9.87. The van der Waals surface area contributed by atoms with Gasteiger partial charge in [0.05, 0.1) is 0 Å². The van der Waals surface area contributed by atoms with E-state index in [4.69, 9.17) is 0 Å². The second-order valence-corrected chi connectivity index (χ2v) is 7.20. The smallest absolute Gasteiger partial charge is 0.225 e. The van der Waals surface area contributed by atoms with Crippen LogP contribution >= 0.6 is 0 Å². The highest BCUT2D eigenvalue weighted by molar-refractivity contribution is 5.84. The molecule has 8 heteroatoms. The van der Waals surface area contributed by atoms with Crippen LogP contribution in [0.3, 0.4) is 0 Å². The summed E-state index contributed by atoms with van der Waals surface area (Å²) in [6.45, 7) is 4.80. The highest BCUT2D eigenvalue weighted by Crippen LogP contribution is 2.25. The molecule has 0 N–H and O–H groups in total. The van der Waals surface area contributed by atoms with E-state index < -0.39 is 0 Å². The molecule has 0 aromatic carbocycles. The molecule has 27 heavy (non-hydrogen) atoms. The van der Waals surface area contributed by atoms with E-state index in [1.165, 1.54) is 0 Å². The minimum absolute atomic E-state index is 0.0177. The van der Waals surface area contributed by atoms with E-state index in [1.54, 1.807) is 12.5 Å². The molecule has 0 atom stereocenters. The molecule has 2 aliphatic rings. The molecule has 1 saturated heterocycles. The topological polar surface area (TPSA) is 84.2 Å². The van der Waals surface area contributed by atoms with Gasteiger partial charge in [0.1, 0.15) is 29.6 Å². The molecule has 3 heterocycles. The Kier molecular flexibility index (Phi) is 4.87. The number of anilines is 1. The molecular formula is C19H24N6O2. The number of imidazole rings is 1. The van der Waals surface area contributed by atoms with Gasteiger partial charge in [0.15, 0.2) is 0 Å². The monoisotopic (exact) mass is 368 g/mol. The summed E-state index contributed by atoms with van der Waals surface area (Å²) in [6.07, 6.45) is 7.71. The van der Waals surface area contributed by atoms with Gasteiger partial charge >= 0.3 is 0 Å². The van der Waals surface area contributed by atoms with Gasteiger partial charge in [-0.3, -0.25) is 14.2 Å². The average molecular weight is 368 g/mol. The van der Waals surface area contributed by atoms with Gasteiger partial charge in [0.2, 0.25) is 5.91 Å². The van der Waals surface area contributed by atoms with Crippen molar-refractivity contribution in [3.63, 3.8) is 0 Å². The Morgan fingerprint density at radius 3 is 2.41 bits per heavy atom. The third-order valence-electron chi connectivity index (χ3n) is 5.52. The van der Waals surface area contributed by atoms with Gasteiger partial charge in [-0.05, 0) is 19.8 Å². The first-order valence-electron chi connectivity index (χ1n) is 9.49. The van der Waals surface area contributed by atoms with E-state index in [9.17, 15) is 9.59 Å². The highest BCUT2D eigenvalue weighted by atomic mass is 16.2. The number of rotatable bonds is 3. The number of carbonyl (C=O) groups is 2. The molecule has 4 rings (SSSR count). The lowest BCUT2D eigenvalue weighted by molar-refractivity contribution is -0.137. The first kappa shape index (κ1) is 17.6. The molecule has 1 amide bonds. The van der Waals surface area contributed by atoms with Crippen LogP contribution in [0, 0.1) is 12.8 Å². The van der Waals surface area contributed by atoms with Crippen LogP contribution in [-0.4, -0.2) is 62.3 Å². The van der Waals surface area contributed by atoms with Crippen molar-refractivity contribution >= 4 is 17.5 Å². The fourth-order valence-electron chi connectivity index (χ4n) is 3.86. The quantitative estimate of drug-likeness (QED) is 0.814. The minimum Gasteiger partial charge on any atom is -0.353 e. The zero-order chi connectivity index (χ0) is 18.8. The van der Waals surface area contributed by atoms with Crippen LogP contribution in [0.1, 0.15) is 31.5 Å². The Bertz CT molecular complexity index is 830. The summed E-state index contributed by atoms with van der Waals surface area (Å²) in [7, 11) is 0. The number of aryl methyl sites for hydroxylation is 1. The third kappa shape index (κ3) is 3.70. The van der Waals surface area contributed by atoms with Gasteiger partial charge in [-0.15, -0.1) is 0 Å². The van der Waals surface area contributed by atoms with Crippen LogP contribution in [0.4, 0.5) is 5.82 Å². The number of hydrogen-bond donors (Lipinski definition) is 0. The Morgan fingerprint density at radius 1 is 1.04 bits per heavy atom. The molecule has 0 spiro atoms. The van der Waals surface area contributed by atoms with Gasteiger partial charge < -0.3 is 9.80 Å². The van der Waals surface area contributed by atoms with Crippen LogP contribution in [0.15, 0.2) is 24.8 Å². The van der Waals surface area contributed by atoms with E-state index in [2.05, 4.69) is 19.9 Å². The van der Waals surface area contributed by atoms with Gasteiger partial charge in [0, 0.05) is 63.4 Å². The van der Waals surface area contributed by atoms with E-state index in [0.29, 0.717) is 38.8 Å². The molecule has 1 saturated carbocycles. The van der Waals surface area contributed by atoms with Crippen molar-refractivity contribution in [3.8, 4) is 5.82 Å². The van der Waals surface area contributed by atoms with Crippen molar-refractivity contribution in [2.24, 2.45) is 5.92 Å². The molecule has 1 aliphatic heterocycles. The molecule has 0 unspecified atom stereocenters. The predicted octanol–water partition coefficient (Wildman–Crippen LogP) is 1.38. The summed E-state index contributed by atoms with van der Waals surface area (Å²) >= 11 is 0. The number of hydrogen-bond acceptors (Lipinski definition) is 6. The SMILES string of the molecule is Cc1nccn1-c1cc(N2CCN(C(=O)C3CCC(=O)CC3)CC2)ncn1. The number of Topliss-reactive ketones (excluding diaryl/α,β-unsaturated/α-hetero) is 1. The minimum atomic E-state index is 0.0177. The normalized spacial score (nSPS) is 18.8. The number of ketones is 1. The van der Waals surface area contributed by atoms with Crippen molar-refractivity contribution < 1.29 is 9.59 Å². The molecule has 2 aromatic heterocycles. The number of piperazine rings is 1. The van der Waals surface area contributed by atoms with Gasteiger partial charge in [-0.25, -0.2) is 15.0 Å². The Morgan fingerprint density at radius 2 is 1.74 bits per heavy atom. The Hall–Kier alpha value is -2.77. The average Bonchev–Trinajstić information content (AvgIpc) is 3.14. The lowest BCUT2D eigenvalue weighted by Gasteiger charge is -2.37. The number of amides is 1. The largest absolute Gasteiger partial charge is 0.353 e. The number of carbonyl (C=O) groups excluding carboxylic acids is 2. The summed E-state index contributed by atoms with van der Waals surface area (Å²) in [5.74, 6) is 3.05. The van der Waals surface area contributed by atoms with E-state index >= 15 is 0 Å². The van der Waals surface area contributed by atoms with E-state index in [0.717, 1.165) is 30.5 Å². The summed E-state index contributed by atoms with van der Waals surface area (Å²) in [4.78, 5) is 41.2. The fraction of sp³-hybridized carbons (Fsp3) is 0.526. The van der Waals surface area contributed by atoms with Crippen LogP contribution in [0.25, 0.3) is 5.82 Å². The maximum Gasteiger partial charge on any atom is 0.225 e. The molecule has 8 nitrogen and oxygen atoms in total. The maximum atomic E-state index is 12.7. The molecule has 2 fully saturated rings. The van der Waals surface area contributed by atoms with E-state index in [1.807, 2.05) is 28.7 Å². The van der Waals surface area contributed by atoms with Gasteiger partial charge in [0.25, 0.3) is 0 Å². The summed E-state index contributed by atoms with van der Waals surface area (Å²) in [5, 5.41) is 0. The molecule has 142 valence electrons. The molecule has 2 aromatic rings. The summed E-state index contributed by atoms with van der Waals surface area (Å²) in [6, 6.07) is 1.96. The zero-order valence-corrected chi connectivity index (χ0v) is 15.5. The fourth-order valence-corrected chi connectivity index (χ4v) is 3.86. The van der Waals surface area contributed by atoms with Crippen molar-refractivity contribution in [3.05, 3.63) is 30.6 Å². The maximum absolute atomic E-state index is 12.7. The van der Waals surface area contributed by atoms with Crippen molar-refractivity contribution in [1.29, 1.82) is 0 Å². The summed E-state index contributed by atoms with van der Waals surface area (Å²) in [5.41, 5.74) is 0. The standard InChI is InChI=1S/C19H24N6O2/c1-14-20-6-7-25(14)18-12-17(21-13-22-18)23-8-10-24(11-9-23)19(27)15-2-4-16(26)5-3-15/h6-7,12-13,15H,2-5,8-11H2,1H3. The van der Waals surface area contributed by atoms with Crippen molar-refractivity contribution in [2.45, 2.75) is 32.6 Å². The molecule has 0 bridgehead atoms. The third-order valence-corrected chi connectivity index (χ3v) is 5.52. The number of aromatic nitrogens is 4.